The third-order valence-corrected chi connectivity index (χ3v) is 6.14. The molecule has 0 unspecified atom stereocenters. The second kappa shape index (κ2) is 13.5. The minimum atomic E-state index is -2.81. The van der Waals surface area contributed by atoms with Gasteiger partial charge in [0.15, 0.2) is 0 Å². The molecule has 0 spiro atoms. The summed E-state index contributed by atoms with van der Waals surface area (Å²) >= 11 is 0. The van der Waals surface area contributed by atoms with Gasteiger partial charge in [-0.2, -0.15) is 0 Å². The number of allylic oxidation sites excluding steroid dienone is 1. The van der Waals surface area contributed by atoms with Gasteiger partial charge in [0.25, 0.3) is 0 Å². The maximum atomic E-state index is 13.5. The summed E-state index contributed by atoms with van der Waals surface area (Å²) in [6, 6.07) is 7.81. The van der Waals surface area contributed by atoms with Crippen molar-refractivity contribution in [1.82, 2.24) is 14.7 Å². The number of amides is 2. The number of alkyl halides is 2. The van der Waals surface area contributed by atoms with Crippen molar-refractivity contribution in [1.29, 1.82) is 0 Å². The molecule has 1 heterocycles. The summed E-state index contributed by atoms with van der Waals surface area (Å²) in [6.45, 7) is 11.9. The first-order valence-corrected chi connectivity index (χ1v) is 12.5. The van der Waals surface area contributed by atoms with Crippen molar-refractivity contribution < 1.29 is 18.4 Å². The van der Waals surface area contributed by atoms with Gasteiger partial charge in [-0.3, -0.25) is 19.4 Å². The van der Waals surface area contributed by atoms with Crippen LogP contribution in [-0.4, -0.2) is 77.5 Å². The minimum Gasteiger partial charge on any atom is -0.339 e. The smallest absolute Gasteiger partial charge is 0.245 e. The number of benzene rings is 1. The summed E-state index contributed by atoms with van der Waals surface area (Å²) in [4.78, 5) is 35.9. The molecule has 2 rings (SSSR count). The van der Waals surface area contributed by atoms with Crippen LogP contribution < -0.4 is 0 Å². The molecule has 0 aliphatic carbocycles. The van der Waals surface area contributed by atoms with E-state index in [4.69, 9.17) is 4.99 Å². The van der Waals surface area contributed by atoms with E-state index in [0.29, 0.717) is 24.6 Å². The van der Waals surface area contributed by atoms with Crippen LogP contribution in [0.25, 0.3) is 5.70 Å². The van der Waals surface area contributed by atoms with E-state index in [2.05, 4.69) is 11.8 Å². The van der Waals surface area contributed by atoms with Crippen LogP contribution in [0.3, 0.4) is 0 Å². The maximum Gasteiger partial charge on any atom is 0.245 e. The maximum absolute atomic E-state index is 13.5. The summed E-state index contributed by atoms with van der Waals surface area (Å²) in [5.41, 5.74) is 2.60. The molecule has 1 saturated heterocycles. The van der Waals surface area contributed by atoms with Crippen LogP contribution in [0.15, 0.2) is 35.3 Å². The highest BCUT2D eigenvalue weighted by atomic mass is 19.3. The van der Waals surface area contributed by atoms with Crippen molar-refractivity contribution in [3.05, 3.63) is 41.5 Å². The largest absolute Gasteiger partial charge is 0.339 e. The number of hydrogen-bond acceptors (Lipinski definition) is 4. The van der Waals surface area contributed by atoms with Crippen LogP contribution in [0.4, 0.5) is 8.78 Å². The van der Waals surface area contributed by atoms with Gasteiger partial charge in [-0.05, 0) is 45.7 Å². The van der Waals surface area contributed by atoms with Gasteiger partial charge in [0.1, 0.15) is 12.4 Å². The summed E-state index contributed by atoms with van der Waals surface area (Å²) in [6.07, 6.45) is 2.90. The van der Waals surface area contributed by atoms with E-state index in [-0.39, 0.29) is 37.6 Å². The number of aliphatic imine (C=N–C) groups is 1. The van der Waals surface area contributed by atoms with Crippen LogP contribution in [-0.2, 0) is 9.59 Å². The molecule has 1 aliphatic heterocycles. The van der Waals surface area contributed by atoms with E-state index in [1.807, 2.05) is 44.2 Å². The van der Waals surface area contributed by atoms with Gasteiger partial charge >= 0.3 is 0 Å². The summed E-state index contributed by atoms with van der Waals surface area (Å²) < 4.78 is 27.0. The Labute approximate surface area is 208 Å². The van der Waals surface area contributed by atoms with Crippen molar-refractivity contribution in [3.63, 3.8) is 0 Å². The fraction of sp³-hybridized carbons (Fsp3) is 0.593. The van der Waals surface area contributed by atoms with Gasteiger partial charge in [-0.25, -0.2) is 13.8 Å². The van der Waals surface area contributed by atoms with Crippen LogP contribution in [0, 0.1) is 6.92 Å². The van der Waals surface area contributed by atoms with Crippen molar-refractivity contribution in [2.45, 2.75) is 66.2 Å². The molecule has 1 fully saturated rings. The average molecular weight is 491 g/mol. The molecule has 1 aromatic rings. The molecule has 35 heavy (non-hydrogen) atoms. The molecule has 6 nitrogen and oxygen atoms in total. The molecule has 0 saturated carbocycles. The minimum absolute atomic E-state index is 0.143. The molecule has 0 atom stereocenters. The number of hydrogen-bond donors (Lipinski definition) is 0. The molecule has 2 amide bonds. The Morgan fingerprint density at radius 2 is 1.77 bits per heavy atom. The zero-order valence-electron chi connectivity index (χ0n) is 21.8. The predicted octanol–water partition coefficient (Wildman–Crippen LogP) is 4.98. The van der Waals surface area contributed by atoms with Crippen molar-refractivity contribution >= 4 is 23.3 Å². The highest BCUT2D eigenvalue weighted by molar-refractivity contribution is 6.02. The fourth-order valence-electron chi connectivity index (χ4n) is 4.12. The Kier molecular flexibility index (Phi) is 11.0. The first-order valence-electron chi connectivity index (χ1n) is 12.5. The lowest BCUT2D eigenvalue weighted by atomic mass is 10.1. The number of carbonyl (C=O) groups excluding carboxylic acids is 2. The molecule has 0 bridgehead atoms. The zero-order valence-corrected chi connectivity index (χ0v) is 21.8. The molecule has 194 valence electrons. The number of halogens is 2. The highest BCUT2D eigenvalue weighted by Gasteiger charge is 2.27. The van der Waals surface area contributed by atoms with Crippen LogP contribution >= 0.6 is 0 Å². The van der Waals surface area contributed by atoms with Gasteiger partial charge < -0.3 is 4.90 Å². The van der Waals surface area contributed by atoms with E-state index in [1.165, 1.54) is 11.8 Å². The van der Waals surface area contributed by atoms with E-state index >= 15 is 0 Å². The lowest BCUT2D eigenvalue weighted by Gasteiger charge is -2.35. The Bertz CT molecular complexity index is 899. The standard InChI is InChI=1S/C27H40F2N4O2/c1-6-15-31-16-18-32(19-17-31)26(35)20-33(22(4)34)25(9-8-14-27(5,28)29)30-24(7-2)23-12-10-21(3)11-13-23/h7,10-13H,6,8-9,14-20H2,1-5H3/b24-7-,30-25?. The second-order valence-corrected chi connectivity index (χ2v) is 9.32. The number of amidine groups is 1. The van der Waals surface area contributed by atoms with E-state index in [0.717, 1.165) is 44.1 Å². The second-order valence-electron chi connectivity index (χ2n) is 9.32. The molecule has 0 radical (unpaired) electrons. The molecule has 0 aromatic heterocycles. The summed E-state index contributed by atoms with van der Waals surface area (Å²) in [5.74, 6) is -2.94. The van der Waals surface area contributed by atoms with Crippen LogP contribution in [0.1, 0.15) is 64.5 Å². The van der Waals surface area contributed by atoms with E-state index < -0.39 is 5.92 Å². The van der Waals surface area contributed by atoms with Crippen molar-refractivity contribution in [2.75, 3.05) is 39.3 Å². The topological polar surface area (TPSA) is 56.2 Å². The first-order chi connectivity index (χ1) is 16.5. The Morgan fingerprint density at radius 3 is 2.29 bits per heavy atom. The molecular formula is C27H40F2N4O2. The molecule has 0 N–H and O–H groups in total. The predicted molar refractivity (Wildman–Crippen MR) is 137 cm³/mol. The van der Waals surface area contributed by atoms with Crippen molar-refractivity contribution in [2.24, 2.45) is 4.99 Å². The van der Waals surface area contributed by atoms with E-state index in [1.54, 1.807) is 4.90 Å². The molecule has 8 heteroatoms. The fourth-order valence-corrected chi connectivity index (χ4v) is 4.12. The Hall–Kier alpha value is -2.61. The van der Waals surface area contributed by atoms with Gasteiger partial charge in [0.2, 0.25) is 17.7 Å². The molecule has 1 aliphatic rings. The van der Waals surface area contributed by atoms with Gasteiger partial charge in [0, 0.05) is 45.9 Å². The van der Waals surface area contributed by atoms with Gasteiger partial charge in [-0.15, -0.1) is 0 Å². The normalized spacial score (nSPS) is 15.9. The Balaban J connectivity index is 2.26. The highest BCUT2D eigenvalue weighted by Crippen LogP contribution is 2.23. The van der Waals surface area contributed by atoms with Gasteiger partial charge in [0.05, 0.1) is 5.70 Å². The van der Waals surface area contributed by atoms with Crippen LogP contribution in [0.2, 0.25) is 0 Å². The molecule has 1 aromatic carbocycles. The third-order valence-electron chi connectivity index (χ3n) is 6.14. The lowest BCUT2D eigenvalue weighted by molar-refractivity contribution is -0.137. The van der Waals surface area contributed by atoms with Gasteiger partial charge in [-0.1, -0.05) is 42.8 Å². The molecular weight excluding hydrogens is 450 g/mol. The number of piperazine rings is 1. The summed E-state index contributed by atoms with van der Waals surface area (Å²) in [5, 5.41) is 0. The number of nitrogens with zero attached hydrogens (tertiary/aromatic N) is 4. The summed E-state index contributed by atoms with van der Waals surface area (Å²) in [7, 11) is 0. The van der Waals surface area contributed by atoms with Crippen molar-refractivity contribution in [3.8, 4) is 0 Å². The third kappa shape index (κ3) is 9.51. The lowest BCUT2D eigenvalue weighted by Crippen LogP contribution is -2.52. The monoisotopic (exact) mass is 490 g/mol. The number of carbonyl (C=O) groups is 2. The first kappa shape index (κ1) is 28.6. The number of rotatable bonds is 10. The zero-order chi connectivity index (χ0) is 26.0. The quantitative estimate of drug-likeness (QED) is 0.343. The SMILES string of the molecule is C/C=C(\N=C(CCCC(C)(F)F)N(CC(=O)N1CCN(CCC)CC1)C(C)=O)c1ccc(C)cc1. The van der Waals surface area contributed by atoms with E-state index in [9.17, 15) is 18.4 Å². The van der Waals surface area contributed by atoms with Crippen LogP contribution in [0.5, 0.6) is 0 Å². The number of aryl methyl sites for hydroxylation is 1. The average Bonchev–Trinajstić information content (AvgIpc) is 2.80. The Morgan fingerprint density at radius 1 is 1.14 bits per heavy atom.